The van der Waals surface area contributed by atoms with Crippen molar-refractivity contribution in [2.45, 2.75) is 38.5 Å². The SMILES string of the molecule is Cc1cc2c(N3CCCc4nc(-c5ccc(C(=O)NCC#Cc6cc7c(C8CCC(=O)NC8=O)nccc7o6)nc5)ncc43)nc(N3CCOCC3)cc2n(C)c1=O. The lowest BCUT2D eigenvalue weighted by atomic mass is 9.92. The molecule has 0 spiro atoms. The molecule has 1 unspecified atom stereocenters. The van der Waals surface area contributed by atoms with Crippen molar-refractivity contribution in [2.24, 2.45) is 7.05 Å². The van der Waals surface area contributed by atoms with Gasteiger partial charge in [-0.25, -0.2) is 15.0 Å². The van der Waals surface area contributed by atoms with E-state index in [0.29, 0.717) is 78.6 Å². The Morgan fingerprint density at radius 3 is 2.66 bits per heavy atom. The summed E-state index contributed by atoms with van der Waals surface area (Å²) in [5.41, 5.74) is 5.06. The standard InChI is InChI=1S/C42H38N10O6/c1-24-19-28-32(50(2)42(24)56)21-35(51-15-17-57-18-16-51)48-39(28)52-14-4-6-30-33(52)23-46-38(47-30)25-7-9-31(45-22-25)41(55)44-12-3-5-26-20-29-34(58-26)11-13-43-37(29)27-8-10-36(53)49-40(27)54/h7,9,11,13,19-23,27H,4,6,8,10,12,14-18H2,1-2H3,(H,44,55)(H,49,53,54). The molecule has 6 aromatic heterocycles. The largest absolute Gasteiger partial charge is 0.448 e. The first-order valence-corrected chi connectivity index (χ1v) is 19.1. The van der Waals surface area contributed by atoms with Gasteiger partial charge >= 0.3 is 0 Å². The van der Waals surface area contributed by atoms with Crippen LogP contribution in [-0.4, -0.2) is 86.6 Å². The summed E-state index contributed by atoms with van der Waals surface area (Å²) in [5, 5.41) is 6.66. The molecule has 0 saturated carbocycles. The third-order valence-corrected chi connectivity index (χ3v) is 10.7. The summed E-state index contributed by atoms with van der Waals surface area (Å²) in [6.07, 6.45) is 7.16. The van der Waals surface area contributed by atoms with E-state index in [1.807, 2.05) is 25.3 Å². The number of aryl methyl sites for hydroxylation is 3. The number of piperidine rings is 1. The number of furan rings is 1. The predicted octanol–water partition coefficient (Wildman–Crippen LogP) is 3.46. The molecule has 0 bridgehead atoms. The van der Waals surface area contributed by atoms with E-state index in [1.165, 1.54) is 0 Å². The molecule has 0 aliphatic carbocycles. The number of anilines is 3. The maximum atomic E-state index is 13.0. The second-order valence-electron chi connectivity index (χ2n) is 14.4. The Labute approximate surface area is 331 Å². The van der Waals surface area contributed by atoms with E-state index in [9.17, 15) is 19.2 Å². The van der Waals surface area contributed by atoms with Gasteiger partial charge in [-0.15, -0.1) is 0 Å². The van der Waals surface area contributed by atoms with E-state index in [4.69, 9.17) is 24.1 Å². The van der Waals surface area contributed by atoms with Crippen LogP contribution in [0.5, 0.6) is 0 Å². The minimum Gasteiger partial charge on any atom is -0.448 e. The number of ether oxygens (including phenoxy) is 1. The molecule has 58 heavy (non-hydrogen) atoms. The van der Waals surface area contributed by atoms with Crippen LogP contribution < -0.4 is 26.0 Å². The second kappa shape index (κ2) is 15.2. The molecule has 9 rings (SSSR count). The number of hydrogen-bond acceptors (Lipinski definition) is 13. The van der Waals surface area contributed by atoms with Crippen molar-refractivity contribution in [3.8, 4) is 23.2 Å². The number of pyridine rings is 4. The minimum absolute atomic E-state index is 0.0391. The summed E-state index contributed by atoms with van der Waals surface area (Å²) < 4.78 is 13.1. The highest BCUT2D eigenvalue weighted by molar-refractivity contribution is 6.02. The molecule has 0 radical (unpaired) electrons. The molecule has 6 aromatic rings. The van der Waals surface area contributed by atoms with Gasteiger partial charge < -0.3 is 28.8 Å². The number of hydrogen-bond donors (Lipinski definition) is 2. The predicted molar refractivity (Wildman–Crippen MR) is 214 cm³/mol. The number of imide groups is 1. The number of fused-ring (bicyclic) bond motifs is 3. The van der Waals surface area contributed by atoms with E-state index >= 15 is 0 Å². The molecule has 16 heteroatoms. The number of nitrogens with one attached hydrogen (secondary N) is 2. The molecule has 0 aromatic carbocycles. The molecular formula is C42H38N10O6. The summed E-state index contributed by atoms with van der Waals surface area (Å²) >= 11 is 0. The number of carbonyl (C=O) groups excluding carboxylic acids is 3. The van der Waals surface area contributed by atoms with Crippen LogP contribution in [0.4, 0.5) is 17.3 Å². The van der Waals surface area contributed by atoms with Gasteiger partial charge in [-0.05, 0) is 56.4 Å². The topological polar surface area (TPSA) is 191 Å². The average molecular weight is 779 g/mol. The first-order valence-electron chi connectivity index (χ1n) is 19.1. The van der Waals surface area contributed by atoms with Gasteiger partial charge in [-0.1, -0.05) is 5.92 Å². The Balaban J connectivity index is 0.901. The number of carbonyl (C=O) groups is 3. The van der Waals surface area contributed by atoms with Crippen LogP contribution >= 0.6 is 0 Å². The number of nitrogens with zero attached hydrogens (tertiary/aromatic N) is 8. The smallest absolute Gasteiger partial charge is 0.270 e. The Morgan fingerprint density at radius 2 is 1.84 bits per heavy atom. The maximum absolute atomic E-state index is 13.0. The molecule has 2 fully saturated rings. The van der Waals surface area contributed by atoms with Gasteiger partial charge in [0.25, 0.3) is 11.5 Å². The number of amides is 3. The summed E-state index contributed by atoms with van der Waals surface area (Å²) in [4.78, 5) is 78.0. The van der Waals surface area contributed by atoms with Gasteiger partial charge in [-0.3, -0.25) is 34.5 Å². The zero-order valence-electron chi connectivity index (χ0n) is 31.9. The first-order chi connectivity index (χ1) is 28.2. The number of morpholine rings is 1. The Hall–Kier alpha value is -6.99. The highest BCUT2D eigenvalue weighted by Gasteiger charge is 2.31. The van der Waals surface area contributed by atoms with Crippen molar-refractivity contribution >= 4 is 56.9 Å². The van der Waals surface area contributed by atoms with Crippen molar-refractivity contribution in [3.05, 3.63) is 93.7 Å². The maximum Gasteiger partial charge on any atom is 0.270 e. The molecule has 292 valence electrons. The Morgan fingerprint density at radius 1 is 0.983 bits per heavy atom. The molecule has 2 saturated heterocycles. The molecular weight excluding hydrogens is 741 g/mol. The van der Waals surface area contributed by atoms with Gasteiger partial charge in [0, 0.05) is 79.5 Å². The number of aromatic nitrogens is 6. The first kappa shape index (κ1) is 36.6. The molecule has 9 heterocycles. The zero-order valence-corrected chi connectivity index (χ0v) is 31.9. The van der Waals surface area contributed by atoms with Crippen LogP contribution in [0.2, 0.25) is 0 Å². The van der Waals surface area contributed by atoms with E-state index < -0.39 is 11.8 Å². The molecule has 3 aliphatic heterocycles. The Bertz CT molecular complexity index is 2760. The van der Waals surface area contributed by atoms with Crippen molar-refractivity contribution < 1.29 is 23.5 Å². The van der Waals surface area contributed by atoms with Gasteiger partial charge in [0.2, 0.25) is 11.8 Å². The van der Waals surface area contributed by atoms with Crippen LogP contribution in [-0.2, 0) is 27.8 Å². The van der Waals surface area contributed by atoms with Crippen LogP contribution in [0.1, 0.15) is 58.4 Å². The van der Waals surface area contributed by atoms with Crippen molar-refractivity contribution in [3.63, 3.8) is 0 Å². The van der Waals surface area contributed by atoms with E-state index in [1.54, 1.807) is 48.3 Å². The van der Waals surface area contributed by atoms with Crippen molar-refractivity contribution in [2.75, 3.05) is 49.2 Å². The fourth-order valence-electron chi connectivity index (χ4n) is 7.73. The lowest BCUT2D eigenvalue weighted by molar-refractivity contribution is -0.134. The minimum atomic E-state index is -0.556. The van der Waals surface area contributed by atoms with Gasteiger partial charge in [0.15, 0.2) is 11.6 Å². The fraction of sp³-hybridized carbons (Fsp3) is 0.310. The average Bonchev–Trinajstić information content (AvgIpc) is 3.68. The van der Waals surface area contributed by atoms with E-state index in [-0.39, 0.29) is 36.0 Å². The fourth-order valence-corrected chi connectivity index (χ4v) is 7.73. The summed E-state index contributed by atoms with van der Waals surface area (Å²) in [7, 11) is 1.80. The monoisotopic (exact) mass is 778 g/mol. The van der Waals surface area contributed by atoms with E-state index in [2.05, 4.69) is 42.2 Å². The van der Waals surface area contributed by atoms with Gasteiger partial charge in [0.1, 0.15) is 22.9 Å². The highest BCUT2D eigenvalue weighted by Crippen LogP contribution is 2.38. The summed E-state index contributed by atoms with van der Waals surface area (Å²) in [6, 6.07) is 10.7. The highest BCUT2D eigenvalue weighted by atomic mass is 16.5. The third kappa shape index (κ3) is 6.89. The number of rotatable bonds is 6. The van der Waals surface area contributed by atoms with Crippen molar-refractivity contribution in [1.29, 1.82) is 0 Å². The molecule has 1 atom stereocenters. The lowest BCUT2D eigenvalue weighted by Crippen LogP contribution is -2.39. The molecule has 3 amide bonds. The molecule has 3 aliphatic rings. The molecule has 16 nitrogen and oxygen atoms in total. The zero-order chi connectivity index (χ0) is 39.9. The van der Waals surface area contributed by atoms with E-state index in [0.717, 1.165) is 46.8 Å². The molecule has 2 N–H and O–H groups in total. The quantitative estimate of drug-likeness (QED) is 0.185. The summed E-state index contributed by atoms with van der Waals surface area (Å²) in [5.74, 6) is 6.58. The van der Waals surface area contributed by atoms with Crippen molar-refractivity contribution in [1.82, 2.24) is 40.1 Å². The normalized spacial score (nSPS) is 16.8. The van der Waals surface area contributed by atoms with Crippen LogP contribution in [0, 0.1) is 18.8 Å². The third-order valence-electron chi connectivity index (χ3n) is 10.7. The summed E-state index contributed by atoms with van der Waals surface area (Å²) in [6.45, 7) is 5.22. The van der Waals surface area contributed by atoms with Crippen LogP contribution in [0.3, 0.4) is 0 Å². The van der Waals surface area contributed by atoms with Crippen LogP contribution in [0.15, 0.2) is 64.2 Å². The van der Waals surface area contributed by atoms with Gasteiger partial charge in [0.05, 0.1) is 54.5 Å². The van der Waals surface area contributed by atoms with Gasteiger partial charge in [-0.2, -0.15) is 0 Å². The lowest BCUT2D eigenvalue weighted by Gasteiger charge is -2.33. The Kier molecular flexibility index (Phi) is 9.58. The van der Waals surface area contributed by atoms with Crippen LogP contribution in [0.25, 0.3) is 33.3 Å². The second-order valence-corrected chi connectivity index (χ2v) is 14.4.